The number of thiophene rings is 1. The summed E-state index contributed by atoms with van der Waals surface area (Å²) in [6.07, 6.45) is 0. The van der Waals surface area contributed by atoms with Crippen LogP contribution in [0.2, 0.25) is 0 Å². The topological polar surface area (TPSA) is 74.8 Å². The van der Waals surface area contributed by atoms with E-state index < -0.39 is 0 Å². The Hall–Kier alpha value is -1.76. The van der Waals surface area contributed by atoms with Crippen molar-refractivity contribution in [3.8, 4) is 0 Å². The molecule has 15 heavy (non-hydrogen) atoms. The molecule has 0 unspecified atom stereocenters. The third-order valence-corrected chi connectivity index (χ3v) is 2.62. The Kier molecular flexibility index (Phi) is 2.72. The minimum Gasteiger partial charge on any atom is -0.335 e. The average Bonchev–Trinajstić information content (AvgIpc) is 2.88. The summed E-state index contributed by atoms with van der Waals surface area (Å²) in [7, 11) is 1.70. The van der Waals surface area contributed by atoms with Crippen LogP contribution in [0.1, 0.15) is 16.2 Å². The molecule has 0 radical (unpaired) electrons. The molecule has 0 aliphatic carbocycles. The molecule has 1 amide bonds. The van der Waals surface area contributed by atoms with Crippen molar-refractivity contribution in [2.45, 2.75) is 6.54 Å². The largest absolute Gasteiger partial charge is 0.335 e. The maximum absolute atomic E-state index is 11.7. The molecule has 0 aliphatic rings. The summed E-state index contributed by atoms with van der Waals surface area (Å²) in [5, 5.41) is 16.8. The Morgan fingerprint density at radius 3 is 3.13 bits per heavy atom. The molecule has 0 atom stereocenters. The van der Waals surface area contributed by atoms with Crippen LogP contribution in [0.3, 0.4) is 0 Å². The van der Waals surface area contributed by atoms with Crippen molar-refractivity contribution < 1.29 is 4.79 Å². The molecule has 6 nitrogen and oxygen atoms in total. The number of hydrogen-bond acceptors (Lipinski definition) is 5. The first kappa shape index (κ1) is 9.78. The van der Waals surface area contributed by atoms with Crippen molar-refractivity contribution in [2.75, 3.05) is 7.05 Å². The van der Waals surface area contributed by atoms with Gasteiger partial charge in [0.25, 0.3) is 11.7 Å². The quantitative estimate of drug-likeness (QED) is 0.823. The molecule has 0 saturated carbocycles. The van der Waals surface area contributed by atoms with E-state index in [9.17, 15) is 4.79 Å². The van der Waals surface area contributed by atoms with Gasteiger partial charge in [-0.1, -0.05) is 0 Å². The molecule has 0 bridgehead atoms. The third-order valence-electron chi connectivity index (χ3n) is 1.88. The van der Waals surface area contributed by atoms with E-state index in [-0.39, 0.29) is 11.7 Å². The molecule has 0 fully saturated rings. The van der Waals surface area contributed by atoms with Gasteiger partial charge < -0.3 is 4.90 Å². The fourth-order valence-electron chi connectivity index (χ4n) is 1.15. The van der Waals surface area contributed by atoms with Gasteiger partial charge in [-0.2, -0.15) is 16.6 Å². The van der Waals surface area contributed by atoms with E-state index in [2.05, 4.69) is 20.6 Å². The standard InChI is InChI=1S/C8H9N5OS/c1-13(4-6-2-3-15-5-6)8(14)7-9-11-12-10-7/h2-3,5H,4H2,1H3,(H,9,10,11,12). The van der Waals surface area contributed by atoms with Crippen LogP contribution in [-0.2, 0) is 6.54 Å². The molecule has 0 aromatic carbocycles. The Bertz CT molecular complexity index is 424. The molecule has 78 valence electrons. The molecule has 1 N–H and O–H groups in total. The molecule has 0 spiro atoms. The van der Waals surface area contributed by atoms with Gasteiger partial charge in [0.2, 0.25) is 0 Å². The number of nitrogens with zero attached hydrogens (tertiary/aromatic N) is 4. The SMILES string of the molecule is CN(Cc1ccsc1)C(=O)c1nn[nH]n1. The zero-order valence-corrected chi connectivity index (χ0v) is 8.86. The highest BCUT2D eigenvalue weighted by atomic mass is 32.1. The first-order valence-electron chi connectivity index (χ1n) is 4.27. The summed E-state index contributed by atoms with van der Waals surface area (Å²) < 4.78 is 0. The minimum atomic E-state index is -0.241. The van der Waals surface area contributed by atoms with Crippen molar-refractivity contribution in [3.63, 3.8) is 0 Å². The minimum absolute atomic E-state index is 0.0905. The molecule has 2 aromatic heterocycles. The average molecular weight is 223 g/mol. The summed E-state index contributed by atoms with van der Waals surface area (Å²) in [5.74, 6) is -0.150. The van der Waals surface area contributed by atoms with E-state index in [4.69, 9.17) is 0 Å². The Labute approximate surface area is 89.9 Å². The van der Waals surface area contributed by atoms with Crippen LogP contribution < -0.4 is 0 Å². The van der Waals surface area contributed by atoms with Crippen LogP contribution in [0.15, 0.2) is 16.8 Å². The van der Waals surface area contributed by atoms with Gasteiger partial charge in [-0.05, 0) is 27.6 Å². The lowest BCUT2D eigenvalue weighted by Crippen LogP contribution is -2.27. The number of tetrazole rings is 1. The molecule has 7 heteroatoms. The second-order valence-corrected chi connectivity index (χ2v) is 3.81. The van der Waals surface area contributed by atoms with E-state index in [1.54, 1.807) is 23.3 Å². The first-order chi connectivity index (χ1) is 7.27. The van der Waals surface area contributed by atoms with Gasteiger partial charge >= 0.3 is 0 Å². The highest BCUT2D eigenvalue weighted by molar-refractivity contribution is 7.07. The van der Waals surface area contributed by atoms with E-state index >= 15 is 0 Å². The smallest absolute Gasteiger partial charge is 0.295 e. The van der Waals surface area contributed by atoms with Gasteiger partial charge in [0.05, 0.1) is 0 Å². The third kappa shape index (κ3) is 2.18. The fourth-order valence-corrected chi connectivity index (χ4v) is 1.81. The van der Waals surface area contributed by atoms with E-state index in [1.807, 2.05) is 16.8 Å². The normalized spacial score (nSPS) is 10.2. The van der Waals surface area contributed by atoms with Gasteiger partial charge in [-0.3, -0.25) is 4.79 Å². The number of amides is 1. The lowest BCUT2D eigenvalue weighted by Gasteiger charge is -2.13. The molecular weight excluding hydrogens is 214 g/mol. The van der Waals surface area contributed by atoms with E-state index in [0.717, 1.165) is 5.56 Å². The summed E-state index contributed by atoms with van der Waals surface area (Å²) in [6.45, 7) is 0.552. The van der Waals surface area contributed by atoms with Crippen molar-refractivity contribution in [3.05, 3.63) is 28.2 Å². The molecule has 0 saturated heterocycles. The fraction of sp³-hybridized carbons (Fsp3) is 0.250. The van der Waals surface area contributed by atoms with Gasteiger partial charge in [0, 0.05) is 13.6 Å². The van der Waals surface area contributed by atoms with E-state index in [1.165, 1.54) is 0 Å². The zero-order valence-electron chi connectivity index (χ0n) is 8.04. The highest BCUT2D eigenvalue weighted by Crippen LogP contribution is 2.09. The highest BCUT2D eigenvalue weighted by Gasteiger charge is 2.16. The number of rotatable bonds is 3. The predicted molar refractivity (Wildman–Crippen MR) is 54.3 cm³/mol. The Morgan fingerprint density at radius 2 is 2.53 bits per heavy atom. The predicted octanol–water partition coefficient (Wildman–Crippen LogP) is 0.533. The van der Waals surface area contributed by atoms with Crippen molar-refractivity contribution in [1.82, 2.24) is 25.5 Å². The number of nitrogens with one attached hydrogen (secondary N) is 1. The van der Waals surface area contributed by atoms with Crippen LogP contribution in [0, 0.1) is 0 Å². The number of carbonyl (C=O) groups is 1. The van der Waals surface area contributed by atoms with Crippen LogP contribution >= 0.6 is 11.3 Å². The maximum Gasteiger partial charge on any atom is 0.295 e. The van der Waals surface area contributed by atoms with E-state index in [0.29, 0.717) is 6.54 Å². The number of hydrogen-bond donors (Lipinski definition) is 1. The lowest BCUT2D eigenvalue weighted by molar-refractivity contribution is 0.0773. The first-order valence-corrected chi connectivity index (χ1v) is 5.21. The van der Waals surface area contributed by atoms with Crippen LogP contribution in [0.25, 0.3) is 0 Å². The summed E-state index contributed by atoms with van der Waals surface area (Å²) in [6, 6.07) is 1.98. The molecule has 2 aromatic rings. The molecule has 2 heterocycles. The van der Waals surface area contributed by atoms with Crippen LogP contribution in [0.4, 0.5) is 0 Å². The van der Waals surface area contributed by atoms with Crippen LogP contribution in [0.5, 0.6) is 0 Å². The number of carbonyl (C=O) groups excluding carboxylic acids is 1. The van der Waals surface area contributed by atoms with Gasteiger partial charge in [-0.25, -0.2) is 0 Å². The van der Waals surface area contributed by atoms with Crippen molar-refractivity contribution in [1.29, 1.82) is 0 Å². The molecule has 0 aliphatic heterocycles. The number of H-pyrrole nitrogens is 1. The zero-order chi connectivity index (χ0) is 10.7. The Morgan fingerprint density at radius 1 is 1.67 bits per heavy atom. The molecular formula is C8H9N5OS. The van der Waals surface area contributed by atoms with Crippen molar-refractivity contribution in [2.24, 2.45) is 0 Å². The van der Waals surface area contributed by atoms with Crippen LogP contribution in [-0.4, -0.2) is 38.5 Å². The van der Waals surface area contributed by atoms with Gasteiger partial charge in [0.1, 0.15) is 0 Å². The Balaban J connectivity index is 2.03. The number of aromatic amines is 1. The number of aromatic nitrogens is 4. The summed E-state index contributed by atoms with van der Waals surface area (Å²) in [5.41, 5.74) is 1.10. The lowest BCUT2D eigenvalue weighted by atomic mass is 10.3. The second-order valence-electron chi connectivity index (χ2n) is 3.03. The monoisotopic (exact) mass is 223 g/mol. The summed E-state index contributed by atoms with van der Waals surface area (Å²) in [4.78, 5) is 13.2. The van der Waals surface area contributed by atoms with Gasteiger partial charge in [-0.15, -0.1) is 10.2 Å². The molecule has 2 rings (SSSR count). The second kappa shape index (κ2) is 4.18. The maximum atomic E-state index is 11.7. The van der Waals surface area contributed by atoms with Crippen molar-refractivity contribution >= 4 is 17.2 Å². The van der Waals surface area contributed by atoms with Gasteiger partial charge in [0.15, 0.2) is 0 Å². The summed E-state index contributed by atoms with van der Waals surface area (Å²) >= 11 is 1.60.